The second kappa shape index (κ2) is 5.12. The molecule has 1 saturated heterocycles. The molecule has 0 radical (unpaired) electrons. The summed E-state index contributed by atoms with van der Waals surface area (Å²) in [4.78, 5) is 14.6. The van der Waals surface area contributed by atoms with Crippen LogP contribution in [-0.2, 0) is 14.8 Å². The third kappa shape index (κ3) is 3.00. The zero-order chi connectivity index (χ0) is 13.3. The molecule has 6 nitrogen and oxygen atoms in total. The van der Waals surface area contributed by atoms with Crippen LogP contribution in [0, 0.1) is 0 Å². The highest BCUT2D eigenvalue weighted by Gasteiger charge is 2.28. The lowest BCUT2D eigenvalue weighted by atomic mass is 10.3. The van der Waals surface area contributed by atoms with Gasteiger partial charge in [-0.3, -0.25) is 4.79 Å². The van der Waals surface area contributed by atoms with E-state index in [0.717, 1.165) is 0 Å². The molecule has 0 saturated carbocycles. The molecule has 98 valence electrons. The van der Waals surface area contributed by atoms with E-state index in [-0.39, 0.29) is 28.9 Å². The molecule has 1 atom stereocenters. The Hall–Kier alpha value is -0.700. The summed E-state index contributed by atoms with van der Waals surface area (Å²) in [7, 11) is -3.79. The van der Waals surface area contributed by atoms with Crippen LogP contribution in [0.25, 0.3) is 0 Å². The molecule has 1 unspecified atom stereocenters. The highest BCUT2D eigenvalue weighted by molar-refractivity contribution is 9.10. The monoisotopic (exact) mass is 353 g/mol. The molecule has 1 aliphatic rings. The number of hydrogen-bond donors (Lipinski definition) is 2. The third-order valence-electron chi connectivity index (χ3n) is 2.36. The summed E-state index contributed by atoms with van der Waals surface area (Å²) >= 11 is 8.89. The number of hydrogen-bond acceptors (Lipinski definition) is 4. The second-order valence-electron chi connectivity index (χ2n) is 3.77. The smallest absolute Gasteiger partial charge is 0.244 e. The third-order valence-corrected chi connectivity index (χ3v) is 4.74. The molecular weight excluding hydrogens is 346 g/mol. The first-order valence-corrected chi connectivity index (χ1v) is 7.64. The van der Waals surface area contributed by atoms with E-state index in [1.165, 1.54) is 12.3 Å². The molecule has 1 fully saturated rings. The molecule has 1 aliphatic heterocycles. The van der Waals surface area contributed by atoms with Crippen molar-refractivity contribution in [2.75, 3.05) is 6.54 Å². The average Bonchev–Trinajstić information content (AvgIpc) is 2.66. The highest BCUT2D eigenvalue weighted by atomic mass is 79.9. The summed E-state index contributed by atoms with van der Waals surface area (Å²) in [5, 5.41) is 2.44. The van der Waals surface area contributed by atoms with Gasteiger partial charge in [0.2, 0.25) is 15.9 Å². The summed E-state index contributed by atoms with van der Waals surface area (Å²) in [5.41, 5.74) is 0. The standard InChI is InChI=1S/C9H9BrClN3O3S/c10-5-1-7(9(11)13-3-5)18(16,17)14-6-2-8(15)12-4-6/h1,3,6,14H,2,4H2,(H,12,15). The van der Waals surface area contributed by atoms with Crippen molar-refractivity contribution in [1.29, 1.82) is 0 Å². The Morgan fingerprint density at radius 2 is 2.28 bits per heavy atom. The van der Waals surface area contributed by atoms with Gasteiger partial charge in [-0.2, -0.15) is 0 Å². The molecule has 9 heteroatoms. The predicted octanol–water partition coefficient (Wildman–Crippen LogP) is 0.664. The van der Waals surface area contributed by atoms with Gasteiger partial charge in [-0.1, -0.05) is 11.6 Å². The van der Waals surface area contributed by atoms with Crippen LogP contribution in [0.3, 0.4) is 0 Å². The Balaban J connectivity index is 2.25. The molecule has 2 N–H and O–H groups in total. The summed E-state index contributed by atoms with van der Waals surface area (Å²) in [6.45, 7) is 0.275. The summed E-state index contributed by atoms with van der Waals surface area (Å²) in [6.07, 6.45) is 1.53. The maximum atomic E-state index is 12.1. The van der Waals surface area contributed by atoms with Crippen LogP contribution < -0.4 is 10.0 Å². The van der Waals surface area contributed by atoms with E-state index in [0.29, 0.717) is 4.47 Å². The molecule has 0 spiro atoms. The second-order valence-corrected chi connectivity index (χ2v) is 6.72. The number of amides is 1. The lowest BCUT2D eigenvalue weighted by molar-refractivity contribution is -0.119. The minimum absolute atomic E-state index is 0.108. The summed E-state index contributed by atoms with van der Waals surface area (Å²) in [5.74, 6) is -0.179. The van der Waals surface area contributed by atoms with Gasteiger partial charge < -0.3 is 5.32 Å². The van der Waals surface area contributed by atoms with Crippen LogP contribution in [0.2, 0.25) is 5.15 Å². The number of nitrogens with one attached hydrogen (secondary N) is 2. The summed E-state index contributed by atoms with van der Waals surface area (Å²) in [6, 6.07) is 0.902. The van der Waals surface area contributed by atoms with Crippen LogP contribution in [-0.4, -0.2) is 31.9 Å². The van der Waals surface area contributed by atoms with E-state index in [2.05, 4.69) is 31.0 Å². The van der Waals surface area contributed by atoms with Crippen molar-refractivity contribution >= 4 is 43.5 Å². The molecule has 0 aromatic carbocycles. The van der Waals surface area contributed by atoms with E-state index in [1.54, 1.807) is 0 Å². The minimum Gasteiger partial charge on any atom is -0.354 e. The van der Waals surface area contributed by atoms with Gasteiger partial charge in [-0.25, -0.2) is 18.1 Å². The van der Waals surface area contributed by atoms with Gasteiger partial charge in [0.1, 0.15) is 10.0 Å². The quantitative estimate of drug-likeness (QED) is 0.781. The topological polar surface area (TPSA) is 88.2 Å². The van der Waals surface area contributed by atoms with Crippen molar-refractivity contribution in [3.8, 4) is 0 Å². The van der Waals surface area contributed by atoms with Crippen molar-refractivity contribution in [3.63, 3.8) is 0 Å². The minimum atomic E-state index is -3.79. The first-order chi connectivity index (χ1) is 8.38. The van der Waals surface area contributed by atoms with Crippen LogP contribution in [0.15, 0.2) is 21.6 Å². The molecule has 0 bridgehead atoms. The number of rotatable bonds is 3. The predicted molar refractivity (Wildman–Crippen MR) is 68.7 cm³/mol. The van der Waals surface area contributed by atoms with Crippen molar-refractivity contribution in [2.24, 2.45) is 0 Å². The molecular formula is C9H9BrClN3O3S. The molecule has 0 aliphatic carbocycles. The molecule has 1 aromatic rings. The van der Waals surface area contributed by atoms with E-state index in [9.17, 15) is 13.2 Å². The Labute approximate surface area is 117 Å². The van der Waals surface area contributed by atoms with Crippen LogP contribution in [0.5, 0.6) is 0 Å². The Morgan fingerprint density at radius 3 is 2.89 bits per heavy atom. The number of nitrogens with zero attached hydrogens (tertiary/aromatic N) is 1. The van der Waals surface area contributed by atoms with E-state index < -0.39 is 16.1 Å². The average molecular weight is 355 g/mol. The lowest BCUT2D eigenvalue weighted by Crippen LogP contribution is -2.36. The van der Waals surface area contributed by atoms with Crippen LogP contribution >= 0.6 is 27.5 Å². The first-order valence-electron chi connectivity index (χ1n) is 4.98. The van der Waals surface area contributed by atoms with Crippen molar-refractivity contribution in [2.45, 2.75) is 17.4 Å². The molecule has 1 amide bonds. The molecule has 1 aromatic heterocycles. The Bertz CT molecular complexity index is 593. The van der Waals surface area contributed by atoms with Crippen molar-refractivity contribution < 1.29 is 13.2 Å². The van der Waals surface area contributed by atoms with Gasteiger partial charge in [0.25, 0.3) is 0 Å². The van der Waals surface area contributed by atoms with Crippen LogP contribution in [0.4, 0.5) is 0 Å². The van der Waals surface area contributed by atoms with Crippen LogP contribution in [0.1, 0.15) is 6.42 Å². The molecule has 2 heterocycles. The van der Waals surface area contributed by atoms with Gasteiger partial charge in [0.15, 0.2) is 0 Å². The zero-order valence-corrected chi connectivity index (χ0v) is 12.1. The van der Waals surface area contributed by atoms with Gasteiger partial charge >= 0.3 is 0 Å². The first kappa shape index (κ1) is 13.7. The number of halogens is 2. The normalized spacial score (nSPS) is 19.9. The Kier molecular flexibility index (Phi) is 3.90. The van der Waals surface area contributed by atoms with E-state index in [1.807, 2.05) is 0 Å². The zero-order valence-electron chi connectivity index (χ0n) is 8.98. The number of carbonyl (C=O) groups is 1. The molecule has 2 rings (SSSR count). The van der Waals surface area contributed by atoms with Gasteiger partial charge in [-0.15, -0.1) is 0 Å². The molecule has 18 heavy (non-hydrogen) atoms. The fourth-order valence-corrected chi connectivity index (χ4v) is 3.74. The number of pyridine rings is 1. The maximum absolute atomic E-state index is 12.1. The van der Waals surface area contributed by atoms with Gasteiger partial charge in [-0.05, 0) is 22.0 Å². The van der Waals surface area contributed by atoms with E-state index in [4.69, 9.17) is 11.6 Å². The lowest BCUT2D eigenvalue weighted by Gasteiger charge is -2.12. The number of aromatic nitrogens is 1. The van der Waals surface area contributed by atoms with Gasteiger partial charge in [0.05, 0.1) is 0 Å². The Morgan fingerprint density at radius 1 is 1.56 bits per heavy atom. The van der Waals surface area contributed by atoms with Crippen molar-refractivity contribution in [3.05, 3.63) is 21.9 Å². The number of sulfonamides is 1. The maximum Gasteiger partial charge on any atom is 0.244 e. The largest absolute Gasteiger partial charge is 0.354 e. The van der Waals surface area contributed by atoms with Gasteiger partial charge in [0, 0.05) is 29.7 Å². The van der Waals surface area contributed by atoms with Crippen molar-refractivity contribution in [1.82, 2.24) is 15.0 Å². The highest BCUT2D eigenvalue weighted by Crippen LogP contribution is 2.23. The van der Waals surface area contributed by atoms with E-state index >= 15 is 0 Å². The fourth-order valence-electron chi connectivity index (χ4n) is 1.56. The SMILES string of the molecule is O=C1CC(NS(=O)(=O)c2cc(Br)cnc2Cl)CN1. The number of carbonyl (C=O) groups excluding carboxylic acids is 1. The summed E-state index contributed by atoms with van der Waals surface area (Å²) < 4.78 is 27.1. The fraction of sp³-hybridized carbons (Fsp3) is 0.333.